The number of hydrogen-bond acceptors (Lipinski definition) is 6. The Morgan fingerprint density at radius 1 is 1.42 bits per heavy atom. The summed E-state index contributed by atoms with van der Waals surface area (Å²) in [5.74, 6) is 6.56. The Kier molecular flexibility index (Phi) is 4.26. The summed E-state index contributed by atoms with van der Waals surface area (Å²) in [4.78, 5) is 22.3. The lowest BCUT2D eigenvalue weighted by atomic mass is 10.1. The van der Waals surface area contributed by atoms with Crippen molar-refractivity contribution in [1.82, 2.24) is 14.9 Å². The average Bonchev–Trinajstić information content (AvgIpc) is 2.59. The summed E-state index contributed by atoms with van der Waals surface area (Å²) in [6.45, 7) is 5.95. The first-order valence-corrected chi connectivity index (χ1v) is 7.22. The maximum Gasteiger partial charge on any atom is 0.274 e. The molecule has 1 aromatic heterocycles. The first kappa shape index (κ1) is 14.1. The Balaban J connectivity index is 2.06. The third-order valence-corrected chi connectivity index (χ3v) is 4.52. The van der Waals surface area contributed by atoms with Gasteiger partial charge in [0, 0.05) is 23.6 Å². The molecule has 1 amide bonds. The molecule has 1 fully saturated rings. The van der Waals surface area contributed by atoms with Crippen molar-refractivity contribution in [3.05, 3.63) is 18.1 Å². The van der Waals surface area contributed by atoms with E-state index in [9.17, 15) is 4.79 Å². The van der Waals surface area contributed by atoms with Crippen LogP contribution in [0.15, 0.2) is 12.4 Å². The molecule has 1 saturated heterocycles. The molecule has 6 nitrogen and oxygen atoms in total. The number of rotatable bonds is 2. The van der Waals surface area contributed by atoms with Gasteiger partial charge in [-0.05, 0) is 6.42 Å². The SMILES string of the molecule is CC1(C)CCN(C(=O)c2cnc(NN)cn2)CCS1. The number of thioether (sulfide) groups is 1. The number of hydrogen-bond donors (Lipinski definition) is 2. The highest BCUT2D eigenvalue weighted by Crippen LogP contribution is 2.30. The molecule has 19 heavy (non-hydrogen) atoms. The van der Waals surface area contributed by atoms with E-state index in [1.54, 1.807) is 0 Å². The van der Waals surface area contributed by atoms with E-state index in [2.05, 4.69) is 29.2 Å². The van der Waals surface area contributed by atoms with E-state index < -0.39 is 0 Å². The topological polar surface area (TPSA) is 84.1 Å². The van der Waals surface area contributed by atoms with Crippen molar-refractivity contribution in [3.8, 4) is 0 Å². The smallest absolute Gasteiger partial charge is 0.274 e. The van der Waals surface area contributed by atoms with Gasteiger partial charge in [-0.1, -0.05) is 13.8 Å². The van der Waals surface area contributed by atoms with E-state index in [0.29, 0.717) is 11.5 Å². The lowest BCUT2D eigenvalue weighted by molar-refractivity contribution is 0.0758. The predicted octanol–water partition coefficient (Wildman–Crippen LogP) is 1.12. The van der Waals surface area contributed by atoms with Crippen LogP contribution in [0.1, 0.15) is 30.8 Å². The molecule has 1 aliphatic rings. The number of anilines is 1. The number of carbonyl (C=O) groups excluding carboxylic acids is 1. The van der Waals surface area contributed by atoms with Crippen LogP contribution in [0.5, 0.6) is 0 Å². The van der Waals surface area contributed by atoms with Crippen molar-refractivity contribution < 1.29 is 4.79 Å². The first-order chi connectivity index (χ1) is 9.02. The van der Waals surface area contributed by atoms with Gasteiger partial charge in [0.2, 0.25) is 0 Å². The molecule has 2 rings (SSSR count). The molecule has 0 aliphatic carbocycles. The molecule has 0 saturated carbocycles. The lowest BCUT2D eigenvalue weighted by Gasteiger charge is -2.22. The van der Waals surface area contributed by atoms with Crippen molar-refractivity contribution in [3.63, 3.8) is 0 Å². The maximum atomic E-state index is 12.3. The van der Waals surface area contributed by atoms with Crippen molar-refractivity contribution in [1.29, 1.82) is 0 Å². The Bertz CT molecular complexity index is 448. The quantitative estimate of drug-likeness (QED) is 0.624. The van der Waals surface area contributed by atoms with Crippen LogP contribution >= 0.6 is 11.8 Å². The Hall–Kier alpha value is -1.34. The zero-order valence-corrected chi connectivity index (χ0v) is 12.0. The number of aromatic nitrogens is 2. The zero-order chi connectivity index (χ0) is 13.9. The standard InChI is InChI=1S/C12H19N5OS/c1-12(2)3-4-17(5-6-19-12)11(18)9-7-15-10(16-13)8-14-9/h7-8H,3-6,13H2,1-2H3,(H,15,16). The van der Waals surface area contributed by atoms with E-state index in [4.69, 9.17) is 5.84 Å². The van der Waals surface area contributed by atoms with Gasteiger partial charge < -0.3 is 10.3 Å². The van der Waals surface area contributed by atoms with Crippen molar-refractivity contribution in [2.75, 3.05) is 24.3 Å². The van der Waals surface area contributed by atoms with E-state index in [1.807, 2.05) is 16.7 Å². The zero-order valence-electron chi connectivity index (χ0n) is 11.2. The molecule has 0 bridgehead atoms. The number of nitrogens with zero attached hydrogens (tertiary/aromatic N) is 3. The maximum absolute atomic E-state index is 12.3. The van der Waals surface area contributed by atoms with E-state index >= 15 is 0 Å². The summed E-state index contributed by atoms with van der Waals surface area (Å²) in [6.07, 6.45) is 3.91. The van der Waals surface area contributed by atoms with Crippen LogP contribution in [0.25, 0.3) is 0 Å². The Morgan fingerprint density at radius 3 is 2.84 bits per heavy atom. The van der Waals surface area contributed by atoms with Gasteiger partial charge >= 0.3 is 0 Å². The second kappa shape index (κ2) is 5.75. The lowest BCUT2D eigenvalue weighted by Crippen LogP contribution is -2.34. The normalized spacial score (nSPS) is 18.8. The Morgan fingerprint density at radius 2 is 2.21 bits per heavy atom. The summed E-state index contributed by atoms with van der Waals surface area (Å²) in [5.41, 5.74) is 2.76. The molecule has 3 N–H and O–H groups in total. The molecular weight excluding hydrogens is 262 g/mol. The van der Waals surface area contributed by atoms with Gasteiger partial charge in [-0.25, -0.2) is 15.8 Å². The molecule has 0 aromatic carbocycles. The number of carbonyl (C=O) groups is 1. The highest BCUT2D eigenvalue weighted by molar-refractivity contribution is 8.00. The third kappa shape index (κ3) is 3.57. The summed E-state index contributed by atoms with van der Waals surface area (Å²) in [7, 11) is 0. The molecular formula is C12H19N5OS. The van der Waals surface area contributed by atoms with Gasteiger partial charge in [-0.3, -0.25) is 4.79 Å². The van der Waals surface area contributed by atoms with Gasteiger partial charge in [0.25, 0.3) is 5.91 Å². The summed E-state index contributed by atoms with van der Waals surface area (Å²) >= 11 is 1.91. The molecule has 1 aromatic rings. The molecule has 0 atom stereocenters. The molecule has 7 heteroatoms. The number of nitrogens with two attached hydrogens (primary N) is 1. The van der Waals surface area contributed by atoms with E-state index in [1.165, 1.54) is 12.4 Å². The fraction of sp³-hybridized carbons (Fsp3) is 0.583. The minimum absolute atomic E-state index is 0.0608. The predicted molar refractivity (Wildman–Crippen MR) is 76.9 cm³/mol. The third-order valence-electron chi connectivity index (χ3n) is 3.14. The van der Waals surface area contributed by atoms with Crippen LogP contribution < -0.4 is 11.3 Å². The number of nitrogens with one attached hydrogen (secondary N) is 1. The number of hydrazine groups is 1. The molecule has 104 valence electrons. The van der Waals surface area contributed by atoms with Gasteiger partial charge in [0.15, 0.2) is 5.82 Å². The number of nitrogen functional groups attached to an aromatic ring is 1. The second-order valence-corrected chi connectivity index (χ2v) is 6.88. The average molecular weight is 281 g/mol. The molecule has 1 aliphatic heterocycles. The largest absolute Gasteiger partial charge is 0.336 e. The minimum atomic E-state index is -0.0608. The first-order valence-electron chi connectivity index (χ1n) is 6.24. The van der Waals surface area contributed by atoms with Crippen LogP contribution in [0.3, 0.4) is 0 Å². The molecule has 0 unspecified atom stereocenters. The van der Waals surface area contributed by atoms with Crippen LogP contribution in [0.4, 0.5) is 5.82 Å². The van der Waals surface area contributed by atoms with Crippen LogP contribution in [0.2, 0.25) is 0 Å². The molecule has 2 heterocycles. The van der Waals surface area contributed by atoms with Gasteiger partial charge in [-0.15, -0.1) is 0 Å². The van der Waals surface area contributed by atoms with Crippen LogP contribution in [-0.2, 0) is 0 Å². The highest BCUT2D eigenvalue weighted by Gasteiger charge is 2.26. The van der Waals surface area contributed by atoms with Crippen molar-refractivity contribution in [2.45, 2.75) is 25.0 Å². The summed E-state index contributed by atoms with van der Waals surface area (Å²) in [6, 6.07) is 0. The van der Waals surface area contributed by atoms with E-state index in [-0.39, 0.29) is 10.7 Å². The number of amides is 1. The summed E-state index contributed by atoms with van der Waals surface area (Å²) < 4.78 is 0.230. The Labute approximate surface area is 117 Å². The monoisotopic (exact) mass is 281 g/mol. The van der Waals surface area contributed by atoms with E-state index in [0.717, 1.165) is 25.3 Å². The van der Waals surface area contributed by atoms with Crippen LogP contribution in [0, 0.1) is 0 Å². The fourth-order valence-electron chi connectivity index (χ4n) is 1.90. The second-order valence-electron chi connectivity index (χ2n) is 5.08. The molecule has 0 radical (unpaired) electrons. The van der Waals surface area contributed by atoms with Crippen molar-refractivity contribution in [2.24, 2.45) is 5.84 Å². The van der Waals surface area contributed by atoms with Gasteiger partial charge in [0.1, 0.15) is 5.69 Å². The summed E-state index contributed by atoms with van der Waals surface area (Å²) in [5, 5.41) is 0. The minimum Gasteiger partial charge on any atom is -0.336 e. The van der Waals surface area contributed by atoms with Crippen LogP contribution in [-0.4, -0.2) is 44.4 Å². The molecule has 0 spiro atoms. The van der Waals surface area contributed by atoms with Gasteiger partial charge in [-0.2, -0.15) is 11.8 Å². The van der Waals surface area contributed by atoms with Gasteiger partial charge in [0.05, 0.1) is 12.4 Å². The fourth-order valence-corrected chi connectivity index (χ4v) is 3.00. The van der Waals surface area contributed by atoms with Crippen molar-refractivity contribution >= 4 is 23.5 Å². The highest BCUT2D eigenvalue weighted by atomic mass is 32.2.